The van der Waals surface area contributed by atoms with E-state index < -0.39 is 0 Å². The summed E-state index contributed by atoms with van der Waals surface area (Å²) in [6.07, 6.45) is 3.20. The maximum atomic E-state index is 12.3. The van der Waals surface area contributed by atoms with E-state index in [2.05, 4.69) is 5.32 Å². The number of carbonyl (C=O) groups is 1. The summed E-state index contributed by atoms with van der Waals surface area (Å²) >= 11 is 0. The van der Waals surface area contributed by atoms with Gasteiger partial charge in [0, 0.05) is 22.7 Å². The molecular formula is C21H19NO3. The molecule has 0 aliphatic rings. The first-order valence-electron chi connectivity index (χ1n) is 7.90. The number of amides is 1. The topological polar surface area (TPSA) is 47.6 Å². The van der Waals surface area contributed by atoms with Crippen molar-refractivity contribution in [1.82, 2.24) is 0 Å². The van der Waals surface area contributed by atoms with Crippen LogP contribution in [0.2, 0.25) is 0 Å². The lowest BCUT2D eigenvalue weighted by atomic mass is 10.1. The summed E-state index contributed by atoms with van der Waals surface area (Å²) < 4.78 is 10.5. The lowest BCUT2D eigenvalue weighted by Gasteiger charge is -2.08. The minimum absolute atomic E-state index is 0.207. The molecule has 0 spiro atoms. The molecule has 3 aromatic rings. The predicted molar refractivity (Wildman–Crippen MR) is 101 cm³/mol. The van der Waals surface area contributed by atoms with Gasteiger partial charge in [-0.05, 0) is 35.7 Å². The standard InChI is InChI=1S/C21H19NO3/c1-24-17-11-12-20(25-2)16(14-17)10-13-21(23)22-19-9-5-7-15-6-3-4-8-18(15)19/h3-14H,1-2H3,(H,22,23). The average Bonchev–Trinajstić information content (AvgIpc) is 2.66. The second kappa shape index (κ2) is 7.53. The first-order valence-corrected chi connectivity index (χ1v) is 7.90. The van der Waals surface area contributed by atoms with Crippen molar-refractivity contribution in [1.29, 1.82) is 0 Å². The Morgan fingerprint density at radius 2 is 1.76 bits per heavy atom. The normalized spacial score (nSPS) is 10.8. The molecule has 0 atom stereocenters. The van der Waals surface area contributed by atoms with Crippen LogP contribution in [0.15, 0.2) is 66.7 Å². The van der Waals surface area contributed by atoms with Gasteiger partial charge >= 0.3 is 0 Å². The van der Waals surface area contributed by atoms with Gasteiger partial charge in [-0.2, -0.15) is 0 Å². The number of hydrogen-bond acceptors (Lipinski definition) is 3. The molecular weight excluding hydrogens is 314 g/mol. The summed E-state index contributed by atoms with van der Waals surface area (Å²) in [5.41, 5.74) is 1.56. The zero-order valence-corrected chi connectivity index (χ0v) is 14.2. The van der Waals surface area contributed by atoms with E-state index in [0.29, 0.717) is 11.5 Å². The number of nitrogens with one attached hydrogen (secondary N) is 1. The van der Waals surface area contributed by atoms with Gasteiger partial charge in [0.05, 0.1) is 14.2 Å². The van der Waals surface area contributed by atoms with Gasteiger partial charge in [-0.1, -0.05) is 36.4 Å². The molecule has 0 saturated heterocycles. The van der Waals surface area contributed by atoms with Crippen molar-refractivity contribution in [3.63, 3.8) is 0 Å². The molecule has 0 heterocycles. The summed E-state index contributed by atoms with van der Waals surface area (Å²) in [5, 5.41) is 5.01. The Labute approximate surface area is 146 Å². The predicted octanol–water partition coefficient (Wildman–Crippen LogP) is 4.51. The minimum atomic E-state index is -0.207. The monoisotopic (exact) mass is 333 g/mol. The fourth-order valence-corrected chi connectivity index (χ4v) is 2.64. The van der Waals surface area contributed by atoms with Crippen LogP contribution in [0.5, 0.6) is 11.5 Å². The van der Waals surface area contributed by atoms with Crippen LogP contribution >= 0.6 is 0 Å². The van der Waals surface area contributed by atoms with Crippen LogP contribution < -0.4 is 14.8 Å². The Morgan fingerprint density at radius 1 is 0.960 bits per heavy atom. The Morgan fingerprint density at radius 3 is 2.56 bits per heavy atom. The Kier molecular flexibility index (Phi) is 5.00. The van der Waals surface area contributed by atoms with E-state index in [1.807, 2.05) is 54.6 Å². The average molecular weight is 333 g/mol. The van der Waals surface area contributed by atoms with Crippen LogP contribution in [0.1, 0.15) is 5.56 Å². The highest BCUT2D eigenvalue weighted by atomic mass is 16.5. The molecule has 4 nitrogen and oxygen atoms in total. The van der Waals surface area contributed by atoms with Gasteiger partial charge in [-0.15, -0.1) is 0 Å². The Balaban J connectivity index is 1.81. The second-order valence-electron chi connectivity index (χ2n) is 5.46. The molecule has 3 aromatic carbocycles. The summed E-state index contributed by atoms with van der Waals surface area (Å²) in [4.78, 5) is 12.3. The summed E-state index contributed by atoms with van der Waals surface area (Å²) in [6.45, 7) is 0. The molecule has 0 aliphatic carbocycles. The third kappa shape index (κ3) is 3.80. The lowest BCUT2D eigenvalue weighted by molar-refractivity contribution is -0.111. The van der Waals surface area contributed by atoms with E-state index in [1.54, 1.807) is 26.4 Å². The molecule has 0 aliphatic heterocycles. The highest BCUT2D eigenvalue weighted by molar-refractivity contribution is 6.07. The van der Waals surface area contributed by atoms with Crippen LogP contribution in [0.25, 0.3) is 16.8 Å². The third-order valence-corrected chi connectivity index (χ3v) is 3.90. The van der Waals surface area contributed by atoms with Crippen molar-refractivity contribution >= 4 is 28.4 Å². The zero-order chi connectivity index (χ0) is 17.6. The molecule has 0 unspecified atom stereocenters. The number of ether oxygens (including phenoxy) is 2. The number of methoxy groups -OCH3 is 2. The first kappa shape index (κ1) is 16.6. The van der Waals surface area contributed by atoms with E-state index >= 15 is 0 Å². The third-order valence-electron chi connectivity index (χ3n) is 3.90. The minimum Gasteiger partial charge on any atom is -0.497 e. The Bertz CT molecular complexity index is 926. The molecule has 25 heavy (non-hydrogen) atoms. The molecule has 126 valence electrons. The van der Waals surface area contributed by atoms with Crippen molar-refractivity contribution in [3.8, 4) is 11.5 Å². The molecule has 0 radical (unpaired) electrons. The first-order chi connectivity index (χ1) is 12.2. The van der Waals surface area contributed by atoms with Crippen molar-refractivity contribution in [2.45, 2.75) is 0 Å². The highest BCUT2D eigenvalue weighted by Gasteiger charge is 2.05. The van der Waals surface area contributed by atoms with Crippen molar-refractivity contribution in [2.75, 3.05) is 19.5 Å². The SMILES string of the molecule is COc1ccc(OC)c(C=CC(=O)Nc2cccc3ccccc23)c1. The molecule has 1 amide bonds. The Hall–Kier alpha value is -3.27. The highest BCUT2D eigenvalue weighted by Crippen LogP contribution is 2.26. The largest absolute Gasteiger partial charge is 0.497 e. The number of carbonyl (C=O) groups excluding carboxylic acids is 1. The smallest absolute Gasteiger partial charge is 0.248 e. The fraction of sp³-hybridized carbons (Fsp3) is 0.0952. The molecule has 0 bridgehead atoms. The van der Waals surface area contributed by atoms with Crippen LogP contribution in [-0.2, 0) is 4.79 Å². The number of benzene rings is 3. The van der Waals surface area contributed by atoms with Gasteiger partial charge < -0.3 is 14.8 Å². The van der Waals surface area contributed by atoms with Crippen LogP contribution in [0, 0.1) is 0 Å². The van der Waals surface area contributed by atoms with E-state index in [4.69, 9.17) is 9.47 Å². The lowest BCUT2D eigenvalue weighted by Crippen LogP contribution is -2.08. The number of fused-ring (bicyclic) bond motifs is 1. The van der Waals surface area contributed by atoms with Gasteiger partial charge in [0.15, 0.2) is 0 Å². The van der Waals surface area contributed by atoms with E-state index in [1.165, 1.54) is 6.08 Å². The van der Waals surface area contributed by atoms with Crippen molar-refractivity contribution in [3.05, 3.63) is 72.3 Å². The summed E-state index contributed by atoms with van der Waals surface area (Å²) in [7, 11) is 3.19. The fourth-order valence-electron chi connectivity index (χ4n) is 2.64. The number of hydrogen-bond donors (Lipinski definition) is 1. The van der Waals surface area contributed by atoms with Crippen LogP contribution in [-0.4, -0.2) is 20.1 Å². The molecule has 0 saturated carbocycles. The van der Waals surface area contributed by atoms with Gasteiger partial charge in [0.1, 0.15) is 11.5 Å². The van der Waals surface area contributed by atoms with Gasteiger partial charge in [0.25, 0.3) is 0 Å². The maximum absolute atomic E-state index is 12.3. The quantitative estimate of drug-likeness (QED) is 0.699. The summed E-state index contributed by atoms with van der Waals surface area (Å²) in [6, 6.07) is 19.2. The van der Waals surface area contributed by atoms with Crippen LogP contribution in [0.3, 0.4) is 0 Å². The molecule has 3 rings (SSSR count). The van der Waals surface area contributed by atoms with Crippen molar-refractivity contribution in [2.24, 2.45) is 0 Å². The van der Waals surface area contributed by atoms with E-state index in [-0.39, 0.29) is 5.91 Å². The van der Waals surface area contributed by atoms with Crippen molar-refractivity contribution < 1.29 is 14.3 Å². The molecule has 4 heteroatoms. The van der Waals surface area contributed by atoms with Gasteiger partial charge in [0.2, 0.25) is 5.91 Å². The van der Waals surface area contributed by atoms with Gasteiger partial charge in [-0.25, -0.2) is 0 Å². The second-order valence-corrected chi connectivity index (χ2v) is 5.46. The maximum Gasteiger partial charge on any atom is 0.248 e. The van der Waals surface area contributed by atoms with Crippen LogP contribution in [0.4, 0.5) is 5.69 Å². The van der Waals surface area contributed by atoms with Gasteiger partial charge in [-0.3, -0.25) is 4.79 Å². The summed E-state index contributed by atoms with van der Waals surface area (Å²) in [5.74, 6) is 1.17. The number of anilines is 1. The molecule has 0 fully saturated rings. The zero-order valence-electron chi connectivity index (χ0n) is 14.2. The van der Waals surface area contributed by atoms with E-state index in [0.717, 1.165) is 22.0 Å². The molecule has 1 N–H and O–H groups in total. The number of rotatable bonds is 5. The molecule has 0 aromatic heterocycles. The van der Waals surface area contributed by atoms with E-state index in [9.17, 15) is 4.79 Å².